The Morgan fingerprint density at radius 1 is 1.57 bits per heavy atom. The van der Waals surface area contributed by atoms with E-state index >= 15 is 0 Å². The highest BCUT2D eigenvalue weighted by Crippen LogP contribution is 2.28. The standard InChI is InChI=1S/C7H3BrClF2NO2/c8-4-3(6(10)11)2(5(9)13)1-12-7(4)14/h1,6H,(H,12,14). The monoisotopic (exact) mass is 285 g/mol. The van der Waals surface area contributed by atoms with Crippen LogP contribution in [0.1, 0.15) is 22.3 Å². The third kappa shape index (κ3) is 2.01. The summed E-state index contributed by atoms with van der Waals surface area (Å²) < 4.78 is 24.5. The predicted octanol–water partition coefficient (Wildman–Crippen LogP) is 2.45. The Morgan fingerprint density at radius 3 is 2.57 bits per heavy atom. The van der Waals surface area contributed by atoms with E-state index < -0.39 is 28.4 Å². The van der Waals surface area contributed by atoms with Crippen molar-refractivity contribution in [3.05, 3.63) is 32.2 Å². The number of carbonyl (C=O) groups excluding carboxylic acids is 1. The van der Waals surface area contributed by atoms with Crippen molar-refractivity contribution in [3.63, 3.8) is 0 Å². The molecule has 0 saturated heterocycles. The molecule has 0 unspecified atom stereocenters. The molecule has 0 aliphatic carbocycles. The van der Waals surface area contributed by atoms with Crippen molar-refractivity contribution in [2.75, 3.05) is 0 Å². The van der Waals surface area contributed by atoms with Crippen LogP contribution in [0.5, 0.6) is 0 Å². The minimum absolute atomic E-state index is 0.376. The molecule has 0 fully saturated rings. The average Bonchev–Trinajstić information content (AvgIpc) is 2.08. The molecule has 1 aromatic heterocycles. The molecule has 1 rings (SSSR count). The molecule has 0 atom stereocenters. The van der Waals surface area contributed by atoms with Gasteiger partial charge in [-0.15, -0.1) is 0 Å². The number of aromatic nitrogens is 1. The van der Waals surface area contributed by atoms with Gasteiger partial charge in [-0.1, -0.05) is 0 Å². The molecule has 0 amide bonds. The zero-order valence-corrected chi connectivity index (χ0v) is 8.82. The van der Waals surface area contributed by atoms with E-state index in [1.165, 1.54) is 0 Å². The van der Waals surface area contributed by atoms with Gasteiger partial charge in [-0.05, 0) is 27.5 Å². The zero-order valence-electron chi connectivity index (χ0n) is 6.48. The first kappa shape index (κ1) is 11.3. The predicted molar refractivity (Wildman–Crippen MR) is 49.9 cm³/mol. The minimum Gasteiger partial charge on any atom is -0.327 e. The van der Waals surface area contributed by atoms with Gasteiger partial charge in [-0.25, -0.2) is 8.78 Å². The number of aromatic amines is 1. The molecule has 0 aliphatic rings. The Kier molecular flexibility index (Phi) is 3.38. The maximum Gasteiger partial charge on any atom is 0.265 e. The van der Waals surface area contributed by atoms with Gasteiger partial charge in [0.2, 0.25) is 0 Å². The lowest BCUT2D eigenvalue weighted by molar-refractivity contribution is 0.106. The third-order valence-corrected chi connectivity index (χ3v) is 2.49. The second-order valence-corrected chi connectivity index (χ2v) is 3.47. The Bertz CT molecular complexity index is 432. The zero-order chi connectivity index (χ0) is 10.9. The Hall–Kier alpha value is -0.750. The van der Waals surface area contributed by atoms with Crippen LogP contribution < -0.4 is 5.56 Å². The summed E-state index contributed by atoms with van der Waals surface area (Å²) in [5.74, 6) is 0. The molecular formula is C7H3BrClF2NO2. The normalized spacial score (nSPS) is 10.6. The molecule has 1 heterocycles. The van der Waals surface area contributed by atoms with Gasteiger partial charge in [0.15, 0.2) is 0 Å². The summed E-state index contributed by atoms with van der Waals surface area (Å²) in [6, 6.07) is 0. The smallest absolute Gasteiger partial charge is 0.265 e. The summed E-state index contributed by atoms with van der Waals surface area (Å²) in [4.78, 5) is 23.8. The van der Waals surface area contributed by atoms with E-state index in [1.54, 1.807) is 0 Å². The van der Waals surface area contributed by atoms with Crippen LogP contribution in [0.2, 0.25) is 0 Å². The third-order valence-electron chi connectivity index (χ3n) is 1.50. The number of hydrogen-bond donors (Lipinski definition) is 1. The molecular weight excluding hydrogens is 283 g/mol. The Labute approximate surface area is 90.2 Å². The summed E-state index contributed by atoms with van der Waals surface area (Å²) in [7, 11) is 0. The van der Waals surface area contributed by atoms with Gasteiger partial charge < -0.3 is 4.98 Å². The van der Waals surface area contributed by atoms with E-state index in [0.717, 1.165) is 6.20 Å². The van der Waals surface area contributed by atoms with Crippen molar-refractivity contribution in [3.8, 4) is 0 Å². The van der Waals surface area contributed by atoms with Crippen LogP contribution in [-0.4, -0.2) is 10.2 Å². The summed E-state index contributed by atoms with van der Waals surface area (Å²) in [6.07, 6.45) is -2.08. The number of halogens is 4. The fourth-order valence-electron chi connectivity index (χ4n) is 0.895. The molecule has 0 spiro atoms. The number of alkyl halides is 2. The topological polar surface area (TPSA) is 49.9 Å². The van der Waals surface area contributed by atoms with Gasteiger partial charge >= 0.3 is 0 Å². The van der Waals surface area contributed by atoms with Crippen LogP contribution in [0.4, 0.5) is 8.78 Å². The summed E-state index contributed by atoms with van der Waals surface area (Å²) in [5, 5.41) is -1.04. The number of H-pyrrole nitrogens is 1. The minimum atomic E-state index is -2.94. The number of rotatable bonds is 2. The molecule has 0 aromatic carbocycles. The van der Waals surface area contributed by atoms with Crippen molar-refractivity contribution in [1.82, 2.24) is 4.98 Å². The molecule has 1 N–H and O–H groups in total. The Morgan fingerprint density at radius 2 is 2.14 bits per heavy atom. The molecule has 76 valence electrons. The van der Waals surface area contributed by atoms with Crippen molar-refractivity contribution in [1.29, 1.82) is 0 Å². The van der Waals surface area contributed by atoms with Gasteiger partial charge in [0.05, 0.1) is 15.6 Å². The lowest BCUT2D eigenvalue weighted by Crippen LogP contribution is -2.13. The van der Waals surface area contributed by atoms with Crippen LogP contribution in [0.3, 0.4) is 0 Å². The van der Waals surface area contributed by atoms with E-state index in [0.29, 0.717) is 0 Å². The SMILES string of the molecule is O=C(Cl)c1c[nH]c(=O)c(Br)c1C(F)F. The molecule has 0 radical (unpaired) electrons. The molecule has 0 saturated carbocycles. The van der Waals surface area contributed by atoms with E-state index in [-0.39, 0.29) is 4.47 Å². The van der Waals surface area contributed by atoms with Crippen LogP contribution in [0.15, 0.2) is 15.5 Å². The van der Waals surface area contributed by atoms with Crippen molar-refractivity contribution < 1.29 is 13.6 Å². The highest BCUT2D eigenvalue weighted by Gasteiger charge is 2.22. The Balaban J connectivity index is 3.53. The van der Waals surface area contributed by atoms with Crippen molar-refractivity contribution >= 4 is 32.8 Å². The average molecular weight is 286 g/mol. The van der Waals surface area contributed by atoms with E-state index in [2.05, 4.69) is 20.9 Å². The molecule has 7 heteroatoms. The molecule has 1 aromatic rings. The fourth-order valence-corrected chi connectivity index (χ4v) is 1.55. The fraction of sp³-hybridized carbons (Fsp3) is 0.143. The molecule has 0 aliphatic heterocycles. The number of hydrogen-bond acceptors (Lipinski definition) is 2. The quantitative estimate of drug-likeness (QED) is 0.849. The van der Waals surface area contributed by atoms with Gasteiger partial charge in [-0.3, -0.25) is 9.59 Å². The largest absolute Gasteiger partial charge is 0.327 e. The van der Waals surface area contributed by atoms with Crippen molar-refractivity contribution in [2.45, 2.75) is 6.43 Å². The molecule has 3 nitrogen and oxygen atoms in total. The maximum atomic E-state index is 12.4. The molecule has 14 heavy (non-hydrogen) atoms. The van der Waals surface area contributed by atoms with Gasteiger partial charge in [0, 0.05) is 6.20 Å². The highest BCUT2D eigenvalue weighted by atomic mass is 79.9. The first-order chi connectivity index (χ1) is 6.45. The van der Waals surface area contributed by atoms with Crippen LogP contribution in [0.25, 0.3) is 0 Å². The lowest BCUT2D eigenvalue weighted by atomic mass is 10.1. The van der Waals surface area contributed by atoms with Crippen LogP contribution in [0, 0.1) is 0 Å². The van der Waals surface area contributed by atoms with E-state index in [1.807, 2.05) is 0 Å². The summed E-state index contributed by atoms with van der Waals surface area (Å²) >= 11 is 7.73. The number of nitrogens with one attached hydrogen (secondary N) is 1. The van der Waals surface area contributed by atoms with Crippen LogP contribution in [-0.2, 0) is 0 Å². The lowest BCUT2D eigenvalue weighted by Gasteiger charge is -2.05. The van der Waals surface area contributed by atoms with Crippen LogP contribution >= 0.6 is 27.5 Å². The second kappa shape index (κ2) is 4.18. The summed E-state index contributed by atoms with van der Waals surface area (Å²) in [5.41, 5.74) is -1.83. The first-order valence-electron chi connectivity index (χ1n) is 3.34. The highest BCUT2D eigenvalue weighted by molar-refractivity contribution is 9.10. The van der Waals surface area contributed by atoms with Gasteiger partial charge in [0.1, 0.15) is 0 Å². The summed E-state index contributed by atoms with van der Waals surface area (Å²) in [6.45, 7) is 0. The van der Waals surface area contributed by atoms with E-state index in [9.17, 15) is 18.4 Å². The van der Waals surface area contributed by atoms with E-state index in [4.69, 9.17) is 11.6 Å². The maximum absolute atomic E-state index is 12.4. The number of carbonyl (C=O) groups is 1. The van der Waals surface area contributed by atoms with Crippen molar-refractivity contribution in [2.24, 2.45) is 0 Å². The van der Waals surface area contributed by atoms with Gasteiger partial charge in [0.25, 0.3) is 17.2 Å². The molecule has 0 bridgehead atoms. The number of pyridine rings is 1. The second-order valence-electron chi connectivity index (χ2n) is 2.33. The first-order valence-corrected chi connectivity index (χ1v) is 4.51. The van der Waals surface area contributed by atoms with Gasteiger partial charge in [-0.2, -0.15) is 0 Å².